The van der Waals surface area contributed by atoms with Crippen LogP contribution in [0.1, 0.15) is 30.8 Å². The van der Waals surface area contributed by atoms with Crippen LogP contribution in [0.3, 0.4) is 0 Å². The first-order valence-corrected chi connectivity index (χ1v) is 11.4. The Bertz CT molecular complexity index is 1100. The number of nitriles is 1. The third kappa shape index (κ3) is 6.04. The summed E-state index contributed by atoms with van der Waals surface area (Å²) in [6.45, 7) is 10.8. The van der Waals surface area contributed by atoms with Gasteiger partial charge in [0.05, 0.1) is 0 Å². The quantitative estimate of drug-likeness (QED) is 0.353. The topological polar surface area (TPSA) is 78.6 Å². The van der Waals surface area contributed by atoms with Gasteiger partial charge in [0.15, 0.2) is 6.61 Å². The van der Waals surface area contributed by atoms with Crippen LogP contribution in [0.4, 0.5) is 10.1 Å². The SMILES string of the molecule is Cc1cc(/C=C(\C#N)C(=O)OCC(=O)N2CCN(c3ccc(F)cc3)CC2)c(C)n1CC(C)C. The van der Waals surface area contributed by atoms with Gasteiger partial charge in [0.2, 0.25) is 0 Å². The molecular formula is C26H31FN4O3. The molecule has 2 heterocycles. The predicted molar refractivity (Wildman–Crippen MR) is 128 cm³/mol. The lowest BCUT2D eigenvalue weighted by molar-refractivity contribution is -0.148. The van der Waals surface area contributed by atoms with E-state index in [0.29, 0.717) is 32.1 Å². The zero-order valence-corrected chi connectivity index (χ0v) is 20.2. The molecule has 1 aliphatic heterocycles. The summed E-state index contributed by atoms with van der Waals surface area (Å²) >= 11 is 0. The Labute approximate surface area is 200 Å². The average molecular weight is 467 g/mol. The Morgan fingerprint density at radius 2 is 1.79 bits per heavy atom. The van der Waals surface area contributed by atoms with Crippen molar-refractivity contribution >= 4 is 23.6 Å². The number of carbonyl (C=O) groups excluding carboxylic acids is 2. The van der Waals surface area contributed by atoms with Crippen molar-refractivity contribution in [2.75, 3.05) is 37.7 Å². The number of carbonyl (C=O) groups is 2. The zero-order valence-electron chi connectivity index (χ0n) is 20.2. The molecule has 1 saturated heterocycles. The van der Waals surface area contributed by atoms with Crippen LogP contribution in [0.2, 0.25) is 0 Å². The summed E-state index contributed by atoms with van der Waals surface area (Å²) in [7, 11) is 0. The minimum atomic E-state index is -0.811. The number of benzene rings is 1. The Kier molecular flexibility index (Phi) is 8.11. The zero-order chi connectivity index (χ0) is 24.8. The summed E-state index contributed by atoms with van der Waals surface area (Å²) in [5.74, 6) is -0.942. The van der Waals surface area contributed by atoms with Crippen LogP contribution in [-0.2, 0) is 20.9 Å². The van der Waals surface area contributed by atoms with Gasteiger partial charge in [-0.3, -0.25) is 4.79 Å². The second kappa shape index (κ2) is 11.0. The summed E-state index contributed by atoms with van der Waals surface area (Å²) < 4.78 is 20.4. The number of anilines is 1. The molecule has 1 fully saturated rings. The number of amides is 1. The van der Waals surface area contributed by atoms with E-state index in [2.05, 4.69) is 23.3 Å². The Balaban J connectivity index is 1.56. The molecule has 0 radical (unpaired) electrons. The smallest absolute Gasteiger partial charge is 0.349 e. The molecular weight excluding hydrogens is 435 g/mol. The maximum Gasteiger partial charge on any atom is 0.349 e. The maximum absolute atomic E-state index is 13.1. The van der Waals surface area contributed by atoms with Gasteiger partial charge in [-0.2, -0.15) is 5.26 Å². The second-order valence-electron chi connectivity index (χ2n) is 8.92. The minimum Gasteiger partial charge on any atom is -0.451 e. The van der Waals surface area contributed by atoms with E-state index in [1.165, 1.54) is 18.2 Å². The molecule has 1 aliphatic rings. The number of esters is 1. The van der Waals surface area contributed by atoms with Crippen molar-refractivity contribution < 1.29 is 18.7 Å². The first-order chi connectivity index (χ1) is 16.2. The Morgan fingerprint density at radius 3 is 2.38 bits per heavy atom. The highest BCUT2D eigenvalue weighted by Crippen LogP contribution is 2.20. The van der Waals surface area contributed by atoms with Crippen LogP contribution >= 0.6 is 0 Å². The number of piperazine rings is 1. The van der Waals surface area contributed by atoms with Gasteiger partial charge in [-0.15, -0.1) is 0 Å². The van der Waals surface area contributed by atoms with Crippen LogP contribution in [-0.4, -0.2) is 54.1 Å². The highest BCUT2D eigenvalue weighted by atomic mass is 19.1. The molecule has 8 heteroatoms. The molecule has 180 valence electrons. The molecule has 0 bridgehead atoms. The number of aromatic nitrogens is 1. The fourth-order valence-electron chi connectivity index (χ4n) is 4.07. The molecule has 0 unspecified atom stereocenters. The van der Waals surface area contributed by atoms with Crippen molar-refractivity contribution in [3.8, 4) is 6.07 Å². The predicted octanol–water partition coefficient (Wildman–Crippen LogP) is 3.70. The molecule has 0 saturated carbocycles. The van der Waals surface area contributed by atoms with Crippen LogP contribution in [0.5, 0.6) is 0 Å². The highest BCUT2D eigenvalue weighted by molar-refractivity contribution is 5.99. The number of hydrogen-bond donors (Lipinski definition) is 0. The number of nitrogens with zero attached hydrogens (tertiary/aromatic N) is 4. The minimum absolute atomic E-state index is 0.140. The van der Waals surface area contributed by atoms with E-state index < -0.39 is 12.6 Å². The Hall–Kier alpha value is -3.60. The van der Waals surface area contributed by atoms with E-state index in [-0.39, 0.29) is 17.3 Å². The standard InChI is InChI=1S/C26H31FN4O3/c1-18(2)16-31-19(3)13-21(20(31)4)14-22(15-28)26(33)34-17-25(32)30-11-9-29(10-12-30)24-7-5-23(27)6-8-24/h5-8,13-14,18H,9-12,16-17H2,1-4H3/b22-14+. The fourth-order valence-corrected chi connectivity index (χ4v) is 4.07. The summed E-state index contributed by atoms with van der Waals surface area (Å²) in [4.78, 5) is 28.7. The summed E-state index contributed by atoms with van der Waals surface area (Å²) in [6.07, 6.45) is 1.52. The number of halogens is 1. The molecule has 0 N–H and O–H groups in total. The molecule has 2 aromatic rings. The fraction of sp³-hybridized carbons (Fsp3) is 0.423. The van der Waals surface area contributed by atoms with Gasteiger partial charge in [-0.05, 0) is 61.7 Å². The molecule has 0 aliphatic carbocycles. The average Bonchev–Trinajstić information content (AvgIpc) is 3.08. The number of hydrogen-bond acceptors (Lipinski definition) is 5. The van der Waals surface area contributed by atoms with Crippen LogP contribution in [0, 0.1) is 36.9 Å². The third-order valence-electron chi connectivity index (χ3n) is 5.95. The number of aryl methyl sites for hydroxylation is 1. The first-order valence-electron chi connectivity index (χ1n) is 11.4. The number of ether oxygens (including phenoxy) is 1. The first kappa shape index (κ1) is 25.0. The van der Waals surface area contributed by atoms with Crippen LogP contribution < -0.4 is 4.90 Å². The molecule has 1 amide bonds. The van der Waals surface area contributed by atoms with E-state index in [1.807, 2.05) is 26.0 Å². The van der Waals surface area contributed by atoms with Crippen molar-refractivity contribution in [3.05, 3.63) is 58.7 Å². The van der Waals surface area contributed by atoms with Crippen LogP contribution in [0.25, 0.3) is 6.08 Å². The lowest BCUT2D eigenvalue weighted by Crippen LogP contribution is -2.49. The van der Waals surface area contributed by atoms with Crippen molar-refractivity contribution in [1.82, 2.24) is 9.47 Å². The molecule has 3 rings (SSSR count). The summed E-state index contributed by atoms with van der Waals surface area (Å²) in [5.41, 5.74) is 3.57. The highest BCUT2D eigenvalue weighted by Gasteiger charge is 2.23. The van der Waals surface area contributed by atoms with Gasteiger partial charge in [0, 0.05) is 49.8 Å². The van der Waals surface area contributed by atoms with Gasteiger partial charge >= 0.3 is 5.97 Å². The normalized spacial score (nSPS) is 14.3. The molecule has 0 atom stereocenters. The van der Waals surface area contributed by atoms with E-state index >= 15 is 0 Å². The lowest BCUT2D eigenvalue weighted by Gasteiger charge is -2.36. The third-order valence-corrected chi connectivity index (χ3v) is 5.95. The summed E-state index contributed by atoms with van der Waals surface area (Å²) in [6, 6.07) is 10.1. The molecule has 1 aromatic heterocycles. The van der Waals surface area contributed by atoms with Crippen LogP contribution in [0.15, 0.2) is 35.9 Å². The van der Waals surface area contributed by atoms with Crippen molar-refractivity contribution in [2.45, 2.75) is 34.2 Å². The van der Waals surface area contributed by atoms with E-state index in [4.69, 9.17) is 4.74 Å². The summed E-state index contributed by atoms with van der Waals surface area (Å²) in [5, 5.41) is 9.49. The lowest BCUT2D eigenvalue weighted by atomic mass is 10.1. The van der Waals surface area contributed by atoms with Crippen molar-refractivity contribution in [1.29, 1.82) is 5.26 Å². The van der Waals surface area contributed by atoms with E-state index in [1.54, 1.807) is 17.0 Å². The largest absolute Gasteiger partial charge is 0.451 e. The van der Waals surface area contributed by atoms with Gasteiger partial charge in [0.25, 0.3) is 5.91 Å². The maximum atomic E-state index is 13.1. The van der Waals surface area contributed by atoms with E-state index in [0.717, 1.165) is 29.2 Å². The van der Waals surface area contributed by atoms with Gasteiger partial charge in [0.1, 0.15) is 17.5 Å². The van der Waals surface area contributed by atoms with Gasteiger partial charge < -0.3 is 19.1 Å². The van der Waals surface area contributed by atoms with Crippen molar-refractivity contribution in [2.24, 2.45) is 5.92 Å². The van der Waals surface area contributed by atoms with E-state index in [9.17, 15) is 19.2 Å². The second-order valence-corrected chi connectivity index (χ2v) is 8.92. The number of rotatable bonds is 7. The molecule has 1 aromatic carbocycles. The van der Waals surface area contributed by atoms with Gasteiger partial charge in [-0.25, -0.2) is 9.18 Å². The monoisotopic (exact) mass is 466 g/mol. The molecule has 34 heavy (non-hydrogen) atoms. The molecule has 0 spiro atoms. The van der Waals surface area contributed by atoms with Crippen molar-refractivity contribution in [3.63, 3.8) is 0 Å². The Morgan fingerprint density at radius 1 is 1.15 bits per heavy atom. The molecule has 7 nitrogen and oxygen atoms in total. The van der Waals surface area contributed by atoms with Gasteiger partial charge in [-0.1, -0.05) is 13.8 Å².